The molecule has 0 spiro atoms. The van der Waals surface area contributed by atoms with Gasteiger partial charge in [-0.25, -0.2) is 4.68 Å². The molecule has 1 atom stereocenters. The van der Waals surface area contributed by atoms with E-state index in [0.29, 0.717) is 12.2 Å². The number of carbonyl (C=O) groups excluding carboxylic acids is 1. The summed E-state index contributed by atoms with van der Waals surface area (Å²) in [6.45, 7) is 6.20. The van der Waals surface area contributed by atoms with Crippen molar-refractivity contribution < 1.29 is 9.53 Å². The van der Waals surface area contributed by atoms with Gasteiger partial charge in [-0.15, -0.1) is 5.10 Å². The molecule has 0 aliphatic carbocycles. The Kier molecular flexibility index (Phi) is 4.29. The van der Waals surface area contributed by atoms with Crippen LogP contribution in [-0.2, 0) is 0 Å². The predicted octanol–water partition coefficient (Wildman–Crippen LogP) is 1.02. The van der Waals surface area contributed by atoms with Crippen LogP contribution >= 0.6 is 0 Å². The number of hydrogen-bond donors (Lipinski definition) is 1. The smallest absolute Gasteiger partial charge is 0.276 e. The number of piperazine rings is 1. The number of nitrogens with one attached hydrogen (secondary N) is 1. The SMILES string of the molecule is COc1ccc(-n2nnc(C(=O)N3CCNCC3C)c2C)cc1. The van der Waals surface area contributed by atoms with E-state index in [1.165, 1.54) is 0 Å². The summed E-state index contributed by atoms with van der Waals surface area (Å²) in [5, 5.41) is 11.5. The highest BCUT2D eigenvalue weighted by Crippen LogP contribution is 2.18. The van der Waals surface area contributed by atoms with Crippen molar-refractivity contribution in [3.8, 4) is 11.4 Å². The molecule has 1 unspecified atom stereocenters. The topological polar surface area (TPSA) is 72.3 Å². The third-order valence-corrected chi connectivity index (χ3v) is 4.18. The number of nitrogens with zero attached hydrogens (tertiary/aromatic N) is 4. The lowest BCUT2D eigenvalue weighted by Crippen LogP contribution is -2.52. The summed E-state index contributed by atoms with van der Waals surface area (Å²) in [6.07, 6.45) is 0. The maximum Gasteiger partial charge on any atom is 0.276 e. The first-order chi connectivity index (χ1) is 11.1. The van der Waals surface area contributed by atoms with Gasteiger partial charge in [0.15, 0.2) is 5.69 Å². The van der Waals surface area contributed by atoms with Crippen molar-refractivity contribution in [1.82, 2.24) is 25.2 Å². The lowest BCUT2D eigenvalue weighted by molar-refractivity contribution is 0.0649. The molecule has 1 aliphatic rings. The summed E-state index contributed by atoms with van der Waals surface area (Å²) in [5.74, 6) is 0.716. The molecular weight excluding hydrogens is 294 g/mol. The van der Waals surface area contributed by atoms with Gasteiger partial charge < -0.3 is 15.0 Å². The van der Waals surface area contributed by atoms with Gasteiger partial charge in [0.25, 0.3) is 5.91 Å². The van der Waals surface area contributed by atoms with Crippen LogP contribution in [-0.4, -0.2) is 58.6 Å². The van der Waals surface area contributed by atoms with E-state index in [-0.39, 0.29) is 11.9 Å². The Bertz CT molecular complexity index is 695. The van der Waals surface area contributed by atoms with E-state index in [1.54, 1.807) is 11.8 Å². The molecule has 7 nitrogen and oxygen atoms in total. The molecule has 0 saturated carbocycles. The van der Waals surface area contributed by atoms with Crippen molar-refractivity contribution in [1.29, 1.82) is 0 Å². The fourth-order valence-corrected chi connectivity index (χ4v) is 2.77. The standard InChI is InChI=1S/C16H21N5O2/c1-11-10-17-8-9-20(11)16(22)15-12(2)21(19-18-15)13-4-6-14(23-3)7-5-13/h4-7,11,17H,8-10H2,1-3H3. The van der Waals surface area contributed by atoms with Crippen LogP contribution in [0.2, 0.25) is 0 Å². The first-order valence-electron chi connectivity index (χ1n) is 7.70. The molecule has 1 amide bonds. The third kappa shape index (κ3) is 2.92. The number of benzene rings is 1. The van der Waals surface area contributed by atoms with Crippen molar-refractivity contribution >= 4 is 5.91 Å². The van der Waals surface area contributed by atoms with Crippen LogP contribution in [0.25, 0.3) is 5.69 Å². The molecule has 1 aromatic heterocycles. The Morgan fingerprint density at radius 1 is 1.35 bits per heavy atom. The number of ether oxygens (including phenoxy) is 1. The molecule has 1 N–H and O–H groups in total. The largest absolute Gasteiger partial charge is 0.497 e. The first-order valence-corrected chi connectivity index (χ1v) is 7.70. The molecule has 1 fully saturated rings. The summed E-state index contributed by atoms with van der Waals surface area (Å²) < 4.78 is 6.84. The monoisotopic (exact) mass is 315 g/mol. The molecular formula is C16H21N5O2. The van der Waals surface area contributed by atoms with Crippen LogP contribution < -0.4 is 10.1 Å². The van der Waals surface area contributed by atoms with Crippen LogP contribution in [0, 0.1) is 6.92 Å². The van der Waals surface area contributed by atoms with Gasteiger partial charge in [0.1, 0.15) is 5.75 Å². The second kappa shape index (κ2) is 6.37. The molecule has 2 heterocycles. The van der Waals surface area contributed by atoms with Gasteiger partial charge in [-0.1, -0.05) is 5.21 Å². The van der Waals surface area contributed by atoms with Crippen molar-refractivity contribution in [3.05, 3.63) is 35.7 Å². The van der Waals surface area contributed by atoms with Crippen molar-refractivity contribution in [2.24, 2.45) is 0 Å². The lowest BCUT2D eigenvalue weighted by atomic mass is 10.2. The van der Waals surface area contributed by atoms with Gasteiger partial charge >= 0.3 is 0 Å². The number of methoxy groups -OCH3 is 1. The van der Waals surface area contributed by atoms with E-state index in [0.717, 1.165) is 30.2 Å². The third-order valence-electron chi connectivity index (χ3n) is 4.18. The zero-order valence-electron chi connectivity index (χ0n) is 13.6. The fraction of sp³-hybridized carbons (Fsp3) is 0.438. The average Bonchev–Trinajstić information content (AvgIpc) is 2.96. The number of carbonyl (C=O) groups is 1. The minimum Gasteiger partial charge on any atom is -0.497 e. The fourth-order valence-electron chi connectivity index (χ4n) is 2.77. The van der Waals surface area contributed by atoms with E-state index >= 15 is 0 Å². The van der Waals surface area contributed by atoms with E-state index in [1.807, 2.05) is 43.0 Å². The van der Waals surface area contributed by atoms with E-state index < -0.39 is 0 Å². The minimum atomic E-state index is -0.0590. The molecule has 23 heavy (non-hydrogen) atoms. The van der Waals surface area contributed by atoms with Crippen molar-refractivity contribution in [2.75, 3.05) is 26.7 Å². The van der Waals surface area contributed by atoms with Crippen LogP contribution in [0.5, 0.6) is 5.75 Å². The van der Waals surface area contributed by atoms with Crippen LogP contribution in [0.4, 0.5) is 0 Å². The Morgan fingerprint density at radius 3 is 2.74 bits per heavy atom. The summed E-state index contributed by atoms with van der Waals surface area (Å²) >= 11 is 0. The first kappa shape index (κ1) is 15.5. The number of rotatable bonds is 3. The molecule has 1 saturated heterocycles. The summed E-state index contributed by atoms with van der Waals surface area (Å²) in [4.78, 5) is 14.6. The van der Waals surface area contributed by atoms with Gasteiger partial charge in [0.05, 0.1) is 18.5 Å². The van der Waals surface area contributed by atoms with Crippen molar-refractivity contribution in [3.63, 3.8) is 0 Å². The minimum absolute atomic E-state index is 0.0590. The number of hydrogen-bond acceptors (Lipinski definition) is 5. The Morgan fingerprint density at radius 2 is 2.09 bits per heavy atom. The molecule has 3 rings (SSSR count). The molecule has 122 valence electrons. The zero-order chi connectivity index (χ0) is 16.4. The zero-order valence-corrected chi connectivity index (χ0v) is 13.6. The molecule has 1 aromatic carbocycles. The quantitative estimate of drug-likeness (QED) is 0.915. The van der Waals surface area contributed by atoms with E-state index in [4.69, 9.17) is 4.74 Å². The molecule has 0 bridgehead atoms. The normalized spacial score (nSPS) is 18.0. The van der Waals surface area contributed by atoms with Crippen molar-refractivity contribution in [2.45, 2.75) is 19.9 Å². The summed E-state index contributed by atoms with van der Waals surface area (Å²) in [6, 6.07) is 7.65. The predicted molar refractivity (Wildman–Crippen MR) is 86.0 cm³/mol. The Hall–Kier alpha value is -2.41. The van der Waals surface area contributed by atoms with Gasteiger partial charge in [-0.2, -0.15) is 0 Å². The number of aromatic nitrogens is 3. The van der Waals surface area contributed by atoms with Gasteiger partial charge in [-0.3, -0.25) is 4.79 Å². The maximum atomic E-state index is 12.7. The second-order valence-electron chi connectivity index (χ2n) is 5.68. The number of amides is 1. The summed E-state index contributed by atoms with van der Waals surface area (Å²) in [5.41, 5.74) is 2.00. The van der Waals surface area contributed by atoms with Crippen LogP contribution in [0.15, 0.2) is 24.3 Å². The Labute approximate surface area is 135 Å². The van der Waals surface area contributed by atoms with Gasteiger partial charge in [-0.05, 0) is 38.1 Å². The lowest BCUT2D eigenvalue weighted by Gasteiger charge is -2.33. The average molecular weight is 315 g/mol. The second-order valence-corrected chi connectivity index (χ2v) is 5.68. The molecule has 1 aliphatic heterocycles. The molecule has 2 aromatic rings. The van der Waals surface area contributed by atoms with E-state index in [9.17, 15) is 4.79 Å². The summed E-state index contributed by atoms with van der Waals surface area (Å²) in [7, 11) is 1.63. The highest BCUT2D eigenvalue weighted by Gasteiger charge is 2.28. The van der Waals surface area contributed by atoms with Crippen LogP contribution in [0.1, 0.15) is 23.1 Å². The van der Waals surface area contributed by atoms with Crippen LogP contribution in [0.3, 0.4) is 0 Å². The molecule has 0 radical (unpaired) electrons. The highest BCUT2D eigenvalue weighted by molar-refractivity contribution is 5.93. The van der Waals surface area contributed by atoms with Gasteiger partial charge in [0.2, 0.25) is 0 Å². The highest BCUT2D eigenvalue weighted by atomic mass is 16.5. The maximum absolute atomic E-state index is 12.7. The molecule has 7 heteroatoms. The van der Waals surface area contributed by atoms with E-state index in [2.05, 4.69) is 15.6 Å². The Balaban J connectivity index is 1.87. The van der Waals surface area contributed by atoms with Gasteiger partial charge in [0, 0.05) is 25.7 Å².